The average Bonchev–Trinajstić information content (AvgIpc) is 2.80. The zero-order chi connectivity index (χ0) is 22.6. The summed E-state index contributed by atoms with van der Waals surface area (Å²) in [7, 11) is 0. The van der Waals surface area contributed by atoms with E-state index in [2.05, 4.69) is 28.7 Å². The lowest BCUT2D eigenvalue weighted by atomic mass is 9.82. The summed E-state index contributed by atoms with van der Waals surface area (Å²) in [6, 6.07) is 16.4. The third-order valence-corrected chi connectivity index (χ3v) is 6.25. The first-order valence-corrected chi connectivity index (χ1v) is 11.1. The molecule has 0 saturated heterocycles. The van der Waals surface area contributed by atoms with Gasteiger partial charge in [0.1, 0.15) is 5.75 Å². The molecule has 0 heterocycles. The molecule has 1 aliphatic carbocycles. The number of hydrazone groups is 1. The maximum Gasteiger partial charge on any atom is 0.271 e. The summed E-state index contributed by atoms with van der Waals surface area (Å²) in [4.78, 5) is 12.3. The molecule has 0 aliphatic heterocycles. The van der Waals surface area contributed by atoms with Gasteiger partial charge in [-0.15, -0.1) is 0 Å². The smallest absolute Gasteiger partial charge is 0.271 e. The molecular weight excluding hydrogens is 422 g/mol. The maximum atomic E-state index is 12.3. The molecule has 6 heteroatoms. The van der Waals surface area contributed by atoms with Crippen LogP contribution in [0.25, 0.3) is 16.8 Å². The van der Waals surface area contributed by atoms with E-state index in [0.717, 1.165) is 34.7 Å². The zero-order valence-electron chi connectivity index (χ0n) is 17.7. The Bertz CT molecular complexity index is 1200. The molecule has 0 unspecified atom stereocenters. The number of hydrogen-bond donors (Lipinski definition) is 3. The summed E-state index contributed by atoms with van der Waals surface area (Å²) in [5.41, 5.74) is 11.2. The standard InChI is InChI=1S/C26H26ClN3O2/c27-23-16-19(10-11-24(23)31)25(32)30-29-17-20-9-8-18(21-6-2-3-7-22(20)21)12-15-26(28)13-4-1-5-14-26/h2-3,6-12,15-17,31H,1,4-5,13-14,28H2,(H,30,32)/b15-12+,29-17+. The lowest BCUT2D eigenvalue weighted by Gasteiger charge is -2.30. The maximum absolute atomic E-state index is 12.3. The fourth-order valence-corrected chi connectivity index (χ4v) is 4.29. The van der Waals surface area contributed by atoms with Gasteiger partial charge >= 0.3 is 0 Å². The van der Waals surface area contributed by atoms with Crippen LogP contribution >= 0.6 is 11.6 Å². The molecule has 1 fully saturated rings. The minimum atomic E-state index is -0.410. The Hall–Kier alpha value is -3.15. The number of amides is 1. The summed E-state index contributed by atoms with van der Waals surface area (Å²) in [6.45, 7) is 0. The molecule has 0 bridgehead atoms. The second-order valence-corrected chi connectivity index (χ2v) is 8.69. The molecule has 3 aromatic carbocycles. The van der Waals surface area contributed by atoms with E-state index in [1.54, 1.807) is 6.21 Å². The molecule has 4 N–H and O–H groups in total. The van der Waals surface area contributed by atoms with E-state index in [9.17, 15) is 9.90 Å². The molecular formula is C26H26ClN3O2. The van der Waals surface area contributed by atoms with Crippen LogP contribution in [0.5, 0.6) is 5.75 Å². The minimum absolute atomic E-state index is 0.0728. The van der Waals surface area contributed by atoms with Gasteiger partial charge in [0.05, 0.1) is 11.2 Å². The SMILES string of the molecule is NC1(/C=C/c2ccc(/C=N/NC(=O)c3ccc(O)c(Cl)c3)c3ccccc23)CCCCC1. The number of hydrogen-bond acceptors (Lipinski definition) is 4. The van der Waals surface area contributed by atoms with Crippen LogP contribution < -0.4 is 11.2 Å². The molecule has 164 valence electrons. The number of benzene rings is 3. The number of carbonyl (C=O) groups is 1. The highest BCUT2D eigenvalue weighted by Crippen LogP contribution is 2.29. The number of rotatable bonds is 5. The van der Waals surface area contributed by atoms with Gasteiger partial charge in [0.25, 0.3) is 5.91 Å². The topological polar surface area (TPSA) is 87.7 Å². The quantitative estimate of drug-likeness (QED) is 0.349. The second kappa shape index (κ2) is 9.55. The van der Waals surface area contributed by atoms with Gasteiger partial charge < -0.3 is 10.8 Å². The summed E-state index contributed by atoms with van der Waals surface area (Å²) in [6.07, 6.45) is 11.6. The van der Waals surface area contributed by atoms with Crippen molar-refractivity contribution in [2.75, 3.05) is 0 Å². The van der Waals surface area contributed by atoms with E-state index in [-0.39, 0.29) is 16.3 Å². The Morgan fingerprint density at radius 3 is 2.44 bits per heavy atom. The molecule has 32 heavy (non-hydrogen) atoms. The molecule has 0 spiro atoms. The van der Waals surface area contributed by atoms with Crippen LogP contribution in [0, 0.1) is 0 Å². The molecule has 4 rings (SSSR count). The number of aromatic hydroxyl groups is 1. The third-order valence-electron chi connectivity index (χ3n) is 5.95. The Morgan fingerprint density at radius 2 is 1.72 bits per heavy atom. The average molecular weight is 448 g/mol. The van der Waals surface area contributed by atoms with Crippen molar-refractivity contribution < 1.29 is 9.90 Å². The van der Waals surface area contributed by atoms with Gasteiger partial charge in [0, 0.05) is 16.7 Å². The van der Waals surface area contributed by atoms with E-state index in [4.69, 9.17) is 17.3 Å². The third kappa shape index (κ3) is 5.01. The predicted octanol–water partition coefficient (Wildman–Crippen LogP) is 5.64. The fourth-order valence-electron chi connectivity index (χ4n) is 4.11. The van der Waals surface area contributed by atoms with E-state index in [0.29, 0.717) is 5.56 Å². The van der Waals surface area contributed by atoms with Crippen LogP contribution in [0.15, 0.2) is 65.8 Å². The first-order chi connectivity index (χ1) is 15.5. The van der Waals surface area contributed by atoms with Crippen molar-refractivity contribution in [2.24, 2.45) is 10.8 Å². The van der Waals surface area contributed by atoms with Crippen molar-refractivity contribution >= 4 is 40.6 Å². The van der Waals surface area contributed by atoms with Crippen LogP contribution in [-0.2, 0) is 0 Å². The predicted molar refractivity (Wildman–Crippen MR) is 131 cm³/mol. The van der Waals surface area contributed by atoms with Crippen LogP contribution in [0.3, 0.4) is 0 Å². The molecule has 1 aliphatic rings. The molecule has 3 aromatic rings. The Labute approximate surface area is 192 Å². The molecule has 0 atom stereocenters. The van der Waals surface area contributed by atoms with Crippen molar-refractivity contribution in [3.05, 3.63) is 82.4 Å². The number of fused-ring (bicyclic) bond motifs is 1. The van der Waals surface area contributed by atoms with Gasteiger partial charge in [0.15, 0.2) is 0 Å². The van der Waals surface area contributed by atoms with Crippen molar-refractivity contribution in [3.8, 4) is 5.75 Å². The van der Waals surface area contributed by atoms with E-state index < -0.39 is 5.91 Å². The number of nitrogens with two attached hydrogens (primary N) is 1. The van der Waals surface area contributed by atoms with Gasteiger partial charge in [0.2, 0.25) is 0 Å². The summed E-state index contributed by atoms with van der Waals surface area (Å²) >= 11 is 5.87. The van der Waals surface area contributed by atoms with E-state index in [1.165, 1.54) is 37.5 Å². The van der Waals surface area contributed by atoms with Crippen LogP contribution in [0.4, 0.5) is 0 Å². The molecule has 1 amide bonds. The molecule has 1 saturated carbocycles. The van der Waals surface area contributed by atoms with Crippen LogP contribution in [-0.4, -0.2) is 22.8 Å². The summed E-state index contributed by atoms with van der Waals surface area (Å²) in [5, 5.41) is 15.9. The summed E-state index contributed by atoms with van der Waals surface area (Å²) in [5.74, 6) is -0.482. The number of halogens is 1. The molecule has 0 radical (unpaired) electrons. The van der Waals surface area contributed by atoms with Crippen LogP contribution in [0.2, 0.25) is 5.02 Å². The first kappa shape index (κ1) is 22.1. The van der Waals surface area contributed by atoms with E-state index >= 15 is 0 Å². The normalized spacial score (nSPS) is 16.1. The van der Waals surface area contributed by atoms with Gasteiger partial charge in [-0.2, -0.15) is 5.10 Å². The molecule has 0 aromatic heterocycles. The Kier molecular flexibility index (Phi) is 6.58. The number of nitrogens with zero attached hydrogens (tertiary/aromatic N) is 1. The Balaban J connectivity index is 1.54. The van der Waals surface area contributed by atoms with Crippen molar-refractivity contribution in [3.63, 3.8) is 0 Å². The molecule has 5 nitrogen and oxygen atoms in total. The number of carbonyl (C=O) groups excluding carboxylic acids is 1. The van der Waals surface area contributed by atoms with Gasteiger partial charge in [-0.05, 0) is 47.4 Å². The monoisotopic (exact) mass is 447 g/mol. The highest BCUT2D eigenvalue weighted by Gasteiger charge is 2.24. The second-order valence-electron chi connectivity index (χ2n) is 8.28. The van der Waals surface area contributed by atoms with Crippen molar-refractivity contribution in [1.82, 2.24) is 5.43 Å². The fraction of sp³-hybridized carbons (Fsp3) is 0.231. The highest BCUT2D eigenvalue weighted by atomic mass is 35.5. The van der Waals surface area contributed by atoms with Gasteiger partial charge in [-0.25, -0.2) is 5.43 Å². The number of nitrogens with one attached hydrogen (secondary N) is 1. The van der Waals surface area contributed by atoms with Gasteiger partial charge in [-0.3, -0.25) is 4.79 Å². The summed E-state index contributed by atoms with van der Waals surface area (Å²) < 4.78 is 0. The van der Waals surface area contributed by atoms with Gasteiger partial charge in [-0.1, -0.05) is 79.4 Å². The van der Waals surface area contributed by atoms with E-state index in [1.807, 2.05) is 30.3 Å². The van der Waals surface area contributed by atoms with Crippen molar-refractivity contribution in [1.29, 1.82) is 0 Å². The van der Waals surface area contributed by atoms with Crippen molar-refractivity contribution in [2.45, 2.75) is 37.6 Å². The Morgan fingerprint density at radius 1 is 1.03 bits per heavy atom. The lowest BCUT2D eigenvalue weighted by Crippen LogP contribution is -2.39. The zero-order valence-corrected chi connectivity index (χ0v) is 18.5. The lowest BCUT2D eigenvalue weighted by molar-refractivity contribution is 0.0955. The van der Waals surface area contributed by atoms with Crippen LogP contribution in [0.1, 0.15) is 53.6 Å². The minimum Gasteiger partial charge on any atom is -0.506 e. The number of phenols is 1. The largest absolute Gasteiger partial charge is 0.506 e. The first-order valence-electron chi connectivity index (χ1n) is 10.8. The number of phenolic OH excluding ortho intramolecular Hbond substituents is 1. The highest BCUT2D eigenvalue weighted by molar-refractivity contribution is 6.32.